The van der Waals surface area contributed by atoms with Crippen LogP contribution in [0.1, 0.15) is 35.0 Å². The molecule has 11 nitrogen and oxygen atoms in total. The first kappa shape index (κ1) is 30.4. The molecule has 2 amide bonds. The molecule has 0 bridgehead atoms. The topological polar surface area (TPSA) is 144 Å². The van der Waals surface area contributed by atoms with E-state index in [4.69, 9.17) is 5.73 Å². The minimum Gasteiger partial charge on any atom is -0.355 e. The molecule has 0 aliphatic heterocycles. The number of aromatic nitrogens is 5. The molecule has 0 radical (unpaired) electrons. The van der Waals surface area contributed by atoms with Gasteiger partial charge in [0.1, 0.15) is 6.54 Å². The van der Waals surface area contributed by atoms with Crippen LogP contribution >= 0.6 is 0 Å². The largest absolute Gasteiger partial charge is 0.435 e. The number of rotatable bonds is 12. The zero-order valence-electron chi connectivity index (χ0n) is 22.4. The van der Waals surface area contributed by atoms with Gasteiger partial charge in [0.2, 0.25) is 5.91 Å². The van der Waals surface area contributed by atoms with Crippen LogP contribution in [-0.2, 0) is 23.9 Å². The third-order valence-electron chi connectivity index (χ3n) is 6.20. The van der Waals surface area contributed by atoms with E-state index >= 15 is 0 Å². The first-order valence-corrected chi connectivity index (χ1v) is 12.9. The number of alkyl halides is 5. The van der Waals surface area contributed by atoms with Crippen molar-refractivity contribution in [1.29, 1.82) is 0 Å². The Labute approximate surface area is 236 Å². The SMILES string of the molecule is CCc1cc(Nc2nccn3c(-c4cn(CC(F)F)nc4C(F)(F)F)cnc23)ccc1C(=O)NCCCNC(=O)CN. The predicted molar refractivity (Wildman–Crippen MR) is 143 cm³/mol. The van der Waals surface area contributed by atoms with Gasteiger partial charge in [-0.3, -0.25) is 18.7 Å². The van der Waals surface area contributed by atoms with E-state index < -0.39 is 30.4 Å². The first-order chi connectivity index (χ1) is 20.0. The van der Waals surface area contributed by atoms with Gasteiger partial charge in [0.05, 0.1) is 24.0 Å². The summed E-state index contributed by atoms with van der Waals surface area (Å²) in [5, 5.41) is 11.9. The van der Waals surface area contributed by atoms with Crippen LogP contribution in [-0.4, -0.2) is 62.0 Å². The number of anilines is 2. The van der Waals surface area contributed by atoms with Crippen molar-refractivity contribution in [2.45, 2.75) is 38.9 Å². The van der Waals surface area contributed by atoms with Crippen molar-refractivity contribution in [3.8, 4) is 11.3 Å². The Bertz CT molecular complexity index is 1570. The lowest BCUT2D eigenvalue weighted by Gasteiger charge is -2.13. The molecule has 16 heteroatoms. The molecule has 3 aromatic heterocycles. The number of nitrogens with two attached hydrogens (primary N) is 1. The van der Waals surface area contributed by atoms with Crippen molar-refractivity contribution >= 4 is 29.0 Å². The fraction of sp³-hybridized carbons (Fsp3) is 0.346. The van der Waals surface area contributed by atoms with Crippen LogP contribution in [0.25, 0.3) is 16.9 Å². The number of carbonyl (C=O) groups is 2. The summed E-state index contributed by atoms with van der Waals surface area (Å²) in [6, 6.07) is 5.04. The minimum atomic E-state index is -4.88. The Morgan fingerprint density at radius 1 is 1.12 bits per heavy atom. The highest BCUT2D eigenvalue weighted by molar-refractivity contribution is 5.96. The van der Waals surface area contributed by atoms with Crippen LogP contribution in [0.2, 0.25) is 0 Å². The first-order valence-electron chi connectivity index (χ1n) is 12.9. The van der Waals surface area contributed by atoms with Gasteiger partial charge in [-0.05, 0) is 36.6 Å². The number of carbonyl (C=O) groups excluding carboxylic acids is 2. The molecule has 0 saturated heterocycles. The summed E-state index contributed by atoms with van der Waals surface area (Å²) >= 11 is 0. The van der Waals surface area contributed by atoms with E-state index in [0.717, 1.165) is 11.8 Å². The maximum atomic E-state index is 13.7. The molecule has 0 unspecified atom stereocenters. The van der Waals surface area contributed by atoms with Crippen LogP contribution in [0.5, 0.6) is 0 Å². The van der Waals surface area contributed by atoms with Crippen molar-refractivity contribution in [1.82, 2.24) is 34.8 Å². The monoisotopic (exact) mass is 593 g/mol. The average Bonchev–Trinajstić information content (AvgIpc) is 3.57. The van der Waals surface area contributed by atoms with Crippen LogP contribution in [0.4, 0.5) is 33.5 Å². The van der Waals surface area contributed by atoms with E-state index in [1.807, 2.05) is 6.92 Å². The van der Waals surface area contributed by atoms with Gasteiger partial charge in [-0.15, -0.1) is 0 Å². The van der Waals surface area contributed by atoms with Gasteiger partial charge in [0.25, 0.3) is 12.3 Å². The zero-order valence-corrected chi connectivity index (χ0v) is 22.4. The molecule has 0 aliphatic rings. The molecule has 3 heterocycles. The predicted octanol–water partition coefficient (Wildman–Crippen LogP) is 3.38. The van der Waals surface area contributed by atoms with E-state index in [2.05, 4.69) is 31.0 Å². The quantitative estimate of drug-likeness (QED) is 0.146. The number of fused-ring (bicyclic) bond motifs is 1. The third kappa shape index (κ3) is 6.99. The maximum Gasteiger partial charge on any atom is 0.435 e. The summed E-state index contributed by atoms with van der Waals surface area (Å²) in [6.07, 6.45) is -1.85. The van der Waals surface area contributed by atoms with Crippen molar-refractivity contribution in [2.75, 3.05) is 25.0 Å². The lowest BCUT2D eigenvalue weighted by Crippen LogP contribution is -2.33. The number of benzene rings is 1. The Morgan fingerprint density at radius 2 is 1.88 bits per heavy atom. The molecule has 4 aromatic rings. The van der Waals surface area contributed by atoms with E-state index in [1.54, 1.807) is 18.2 Å². The van der Waals surface area contributed by atoms with Crippen molar-refractivity contribution < 1.29 is 31.5 Å². The van der Waals surface area contributed by atoms with Crippen LogP contribution in [0.3, 0.4) is 0 Å². The van der Waals surface area contributed by atoms with E-state index in [9.17, 15) is 31.5 Å². The number of nitrogens with zero attached hydrogens (tertiary/aromatic N) is 5. The molecule has 0 spiro atoms. The lowest BCUT2D eigenvalue weighted by molar-refractivity contribution is -0.141. The van der Waals surface area contributed by atoms with Gasteiger partial charge in [-0.1, -0.05) is 6.92 Å². The van der Waals surface area contributed by atoms with Gasteiger partial charge in [-0.2, -0.15) is 18.3 Å². The fourth-order valence-corrected chi connectivity index (χ4v) is 4.27. The van der Waals surface area contributed by atoms with Crippen molar-refractivity contribution in [3.63, 3.8) is 0 Å². The lowest BCUT2D eigenvalue weighted by atomic mass is 10.0. The van der Waals surface area contributed by atoms with Crippen LogP contribution in [0, 0.1) is 0 Å². The molecule has 0 fully saturated rings. The molecule has 5 N–H and O–H groups in total. The molecule has 0 saturated carbocycles. The second-order valence-corrected chi connectivity index (χ2v) is 9.13. The average molecular weight is 594 g/mol. The molecular formula is C26H28F5N9O2. The Kier molecular flexibility index (Phi) is 9.35. The number of amides is 2. The second-order valence-electron chi connectivity index (χ2n) is 9.13. The molecule has 224 valence electrons. The summed E-state index contributed by atoms with van der Waals surface area (Å²) in [5.74, 6) is -0.341. The fourth-order valence-electron chi connectivity index (χ4n) is 4.27. The summed E-state index contributed by atoms with van der Waals surface area (Å²) in [4.78, 5) is 32.4. The molecule has 1 aromatic carbocycles. The highest BCUT2D eigenvalue weighted by atomic mass is 19.4. The Morgan fingerprint density at radius 3 is 2.57 bits per heavy atom. The molecule has 0 atom stereocenters. The molecule has 0 aliphatic carbocycles. The molecule has 42 heavy (non-hydrogen) atoms. The highest BCUT2D eigenvalue weighted by Crippen LogP contribution is 2.37. The number of nitrogens with one attached hydrogen (secondary N) is 3. The summed E-state index contributed by atoms with van der Waals surface area (Å²) < 4.78 is 68.7. The van der Waals surface area contributed by atoms with Gasteiger partial charge in [-0.25, -0.2) is 18.7 Å². The summed E-state index contributed by atoms with van der Waals surface area (Å²) in [7, 11) is 0. The van der Waals surface area contributed by atoms with E-state index in [0.29, 0.717) is 41.9 Å². The summed E-state index contributed by atoms with van der Waals surface area (Å²) in [5.41, 5.74) is 5.44. The normalized spacial score (nSPS) is 11.7. The van der Waals surface area contributed by atoms with E-state index in [1.165, 1.54) is 23.0 Å². The van der Waals surface area contributed by atoms with Crippen molar-refractivity contribution in [3.05, 3.63) is 59.8 Å². The zero-order chi connectivity index (χ0) is 30.4. The van der Waals surface area contributed by atoms with Gasteiger partial charge < -0.3 is 21.7 Å². The maximum absolute atomic E-state index is 13.7. The minimum absolute atomic E-state index is 0.00727. The van der Waals surface area contributed by atoms with Crippen LogP contribution < -0.4 is 21.7 Å². The van der Waals surface area contributed by atoms with Crippen molar-refractivity contribution in [2.24, 2.45) is 5.73 Å². The molecular weight excluding hydrogens is 565 g/mol. The van der Waals surface area contributed by atoms with Crippen LogP contribution in [0.15, 0.2) is 43.0 Å². The smallest absolute Gasteiger partial charge is 0.355 e. The second kappa shape index (κ2) is 12.9. The number of hydrogen-bond acceptors (Lipinski definition) is 7. The number of halogens is 5. The van der Waals surface area contributed by atoms with Gasteiger partial charge in [0, 0.05) is 42.9 Å². The Hall–Kier alpha value is -4.60. The van der Waals surface area contributed by atoms with Gasteiger partial charge in [0.15, 0.2) is 17.2 Å². The third-order valence-corrected chi connectivity index (χ3v) is 6.20. The highest BCUT2D eigenvalue weighted by Gasteiger charge is 2.38. The number of imidazole rings is 1. The number of hydrogen-bond donors (Lipinski definition) is 4. The standard InChI is InChI=1S/C26H28F5N9O2/c1-2-15-10-16(4-5-17(15)25(42)35-7-3-6-33-21(41)11-32)37-23-24-36-12-19(40(24)9-8-34-23)18-13-39(14-20(27)28)38-22(18)26(29,30)31/h4-5,8-10,12-13,20H,2-3,6-7,11,14,32H2,1H3,(H,33,41)(H,34,37)(H,35,42). The Balaban J connectivity index is 1.55. The van der Waals surface area contributed by atoms with Gasteiger partial charge >= 0.3 is 6.18 Å². The molecule has 4 rings (SSSR count). The summed E-state index contributed by atoms with van der Waals surface area (Å²) in [6.45, 7) is 1.51. The number of aryl methyl sites for hydroxylation is 1. The van der Waals surface area contributed by atoms with E-state index in [-0.39, 0.29) is 35.5 Å².